The van der Waals surface area contributed by atoms with E-state index in [1.807, 2.05) is 12.2 Å². The van der Waals surface area contributed by atoms with Crippen molar-refractivity contribution in [2.24, 2.45) is 5.92 Å². The van der Waals surface area contributed by atoms with E-state index in [1.165, 1.54) is 11.8 Å². The SMILES string of the molecule is CC(=O)O[C@@H]1C[C@H]2C(=O)N[C@]3(C(=O)O)C[C@H]3/C=C\CCCCCC(NC(=O)OC(C)(C)C)C(=O)N2C1. The van der Waals surface area contributed by atoms with Crippen LogP contribution in [0.4, 0.5) is 4.79 Å². The van der Waals surface area contributed by atoms with E-state index in [4.69, 9.17) is 9.47 Å². The van der Waals surface area contributed by atoms with Gasteiger partial charge in [0.25, 0.3) is 0 Å². The molecule has 0 spiro atoms. The number of carbonyl (C=O) groups excluding carboxylic acids is 4. The van der Waals surface area contributed by atoms with Gasteiger partial charge in [-0.3, -0.25) is 14.4 Å². The second kappa shape index (κ2) is 10.9. The lowest BCUT2D eigenvalue weighted by Crippen LogP contribution is -2.56. The third-order valence-electron chi connectivity index (χ3n) is 6.64. The van der Waals surface area contributed by atoms with Crippen LogP contribution < -0.4 is 10.6 Å². The van der Waals surface area contributed by atoms with Gasteiger partial charge >= 0.3 is 18.0 Å². The van der Waals surface area contributed by atoms with Gasteiger partial charge in [-0.25, -0.2) is 9.59 Å². The Morgan fingerprint density at radius 2 is 1.92 bits per heavy atom. The Morgan fingerprint density at radius 3 is 2.56 bits per heavy atom. The maximum Gasteiger partial charge on any atom is 0.408 e. The number of nitrogens with one attached hydrogen (secondary N) is 2. The Kier molecular flexibility index (Phi) is 8.30. The number of alkyl carbamates (subject to hydrolysis) is 1. The van der Waals surface area contributed by atoms with Crippen molar-refractivity contribution in [2.75, 3.05) is 6.54 Å². The summed E-state index contributed by atoms with van der Waals surface area (Å²) in [6, 6.07) is -2.00. The van der Waals surface area contributed by atoms with Crippen LogP contribution in [0.2, 0.25) is 0 Å². The monoisotopic (exact) mass is 507 g/mol. The lowest BCUT2D eigenvalue weighted by molar-refractivity contribution is -0.147. The second-order valence-electron chi connectivity index (χ2n) is 10.8. The molecule has 3 amide bonds. The molecule has 3 aliphatic rings. The van der Waals surface area contributed by atoms with Crippen LogP contribution in [0.3, 0.4) is 0 Å². The summed E-state index contributed by atoms with van der Waals surface area (Å²) in [6.07, 6.45) is 5.97. The van der Waals surface area contributed by atoms with E-state index in [2.05, 4.69) is 10.6 Å². The molecule has 0 aromatic carbocycles. The molecule has 0 aromatic heterocycles. The van der Waals surface area contributed by atoms with Gasteiger partial charge < -0.3 is 30.1 Å². The van der Waals surface area contributed by atoms with Gasteiger partial charge in [0.2, 0.25) is 11.8 Å². The Morgan fingerprint density at radius 1 is 1.19 bits per heavy atom. The molecule has 3 N–H and O–H groups in total. The van der Waals surface area contributed by atoms with Gasteiger partial charge in [0.15, 0.2) is 0 Å². The number of fused-ring (bicyclic) bond motifs is 2. The third-order valence-corrected chi connectivity index (χ3v) is 6.64. The van der Waals surface area contributed by atoms with Gasteiger partial charge in [-0.05, 0) is 46.5 Å². The second-order valence-corrected chi connectivity index (χ2v) is 10.8. The summed E-state index contributed by atoms with van der Waals surface area (Å²) in [5, 5.41) is 15.1. The molecular weight excluding hydrogens is 470 g/mol. The molecule has 2 heterocycles. The van der Waals surface area contributed by atoms with Gasteiger partial charge in [-0.15, -0.1) is 0 Å². The summed E-state index contributed by atoms with van der Waals surface area (Å²) in [5.41, 5.74) is -2.18. The zero-order chi connectivity index (χ0) is 26.7. The number of carbonyl (C=O) groups is 5. The van der Waals surface area contributed by atoms with Gasteiger partial charge in [-0.1, -0.05) is 25.0 Å². The average molecular weight is 508 g/mol. The normalized spacial score (nSPS) is 32.1. The quantitative estimate of drug-likeness (QED) is 0.387. The molecule has 1 aliphatic carbocycles. The summed E-state index contributed by atoms with van der Waals surface area (Å²) in [6.45, 7) is 6.35. The van der Waals surface area contributed by atoms with Crippen LogP contribution in [0.5, 0.6) is 0 Å². The Balaban J connectivity index is 1.88. The fraction of sp³-hybridized carbons (Fsp3) is 0.720. The minimum absolute atomic E-state index is 0.0342. The van der Waals surface area contributed by atoms with E-state index in [9.17, 15) is 29.1 Å². The highest BCUT2D eigenvalue weighted by molar-refractivity contribution is 5.96. The number of nitrogens with zero attached hydrogens (tertiary/aromatic N) is 1. The largest absolute Gasteiger partial charge is 0.479 e. The van der Waals surface area contributed by atoms with Crippen LogP contribution in [-0.2, 0) is 28.7 Å². The summed E-state index contributed by atoms with van der Waals surface area (Å²) in [5.74, 6) is -3.14. The minimum Gasteiger partial charge on any atom is -0.479 e. The minimum atomic E-state index is -1.42. The van der Waals surface area contributed by atoms with Gasteiger partial charge in [0.1, 0.15) is 29.3 Å². The number of amides is 3. The smallest absolute Gasteiger partial charge is 0.408 e. The Labute approximate surface area is 210 Å². The molecule has 1 saturated carbocycles. The maximum absolute atomic E-state index is 13.7. The molecule has 36 heavy (non-hydrogen) atoms. The van der Waals surface area contributed by atoms with Crippen molar-refractivity contribution in [3.8, 4) is 0 Å². The first-order chi connectivity index (χ1) is 16.8. The van der Waals surface area contributed by atoms with E-state index in [0.29, 0.717) is 12.8 Å². The van der Waals surface area contributed by atoms with Crippen molar-refractivity contribution < 1.29 is 38.6 Å². The number of ether oxygens (including phenoxy) is 2. The van der Waals surface area contributed by atoms with Crippen LogP contribution in [0.15, 0.2) is 12.2 Å². The molecule has 200 valence electrons. The summed E-state index contributed by atoms with van der Waals surface area (Å²) in [4.78, 5) is 64.4. The van der Waals surface area contributed by atoms with Crippen LogP contribution in [0.1, 0.15) is 72.6 Å². The number of aliphatic carboxylic acids is 1. The molecule has 2 fully saturated rings. The highest BCUT2D eigenvalue weighted by Gasteiger charge is 2.61. The van der Waals surface area contributed by atoms with E-state index in [0.717, 1.165) is 19.3 Å². The van der Waals surface area contributed by atoms with Crippen molar-refractivity contribution in [3.05, 3.63) is 12.2 Å². The number of hydrogen-bond acceptors (Lipinski definition) is 7. The van der Waals surface area contributed by atoms with E-state index in [1.54, 1.807) is 20.8 Å². The number of hydrogen-bond donors (Lipinski definition) is 3. The van der Waals surface area contributed by atoms with Crippen molar-refractivity contribution in [3.63, 3.8) is 0 Å². The summed E-state index contributed by atoms with van der Waals surface area (Å²) >= 11 is 0. The van der Waals surface area contributed by atoms with Crippen molar-refractivity contribution in [1.82, 2.24) is 15.5 Å². The summed E-state index contributed by atoms with van der Waals surface area (Å²) < 4.78 is 10.6. The number of rotatable bonds is 3. The van der Waals surface area contributed by atoms with E-state index < -0.39 is 59.2 Å². The molecule has 5 atom stereocenters. The average Bonchev–Trinajstić information content (AvgIpc) is 3.28. The predicted molar refractivity (Wildman–Crippen MR) is 128 cm³/mol. The lowest BCUT2D eigenvalue weighted by atomic mass is 10.0. The Bertz CT molecular complexity index is 927. The maximum atomic E-state index is 13.7. The molecular formula is C25H37N3O8. The standard InChI is InChI=1S/C25H37N3O8/c1-15(29)35-17-12-19-20(30)27-25(22(32)33)13-16(25)10-8-6-5-7-9-11-18(21(31)28(19)14-17)26-23(34)36-24(2,3)4/h8,10,16-19H,5-7,9,11-14H2,1-4H3,(H,26,34)(H,27,30)(H,32,33)/b10-8-/t16-,17-,18?,19+,25-/m1/s1. The Hall–Kier alpha value is -3.11. The van der Waals surface area contributed by atoms with Crippen molar-refractivity contribution in [1.29, 1.82) is 0 Å². The molecule has 1 unspecified atom stereocenters. The molecule has 11 heteroatoms. The number of esters is 1. The topological polar surface area (TPSA) is 151 Å². The molecule has 0 bridgehead atoms. The molecule has 0 aromatic rings. The highest BCUT2D eigenvalue weighted by atomic mass is 16.6. The van der Waals surface area contributed by atoms with Crippen molar-refractivity contribution >= 4 is 29.8 Å². The number of carboxylic acids is 1. The molecule has 2 aliphatic heterocycles. The highest BCUT2D eigenvalue weighted by Crippen LogP contribution is 2.45. The predicted octanol–water partition coefficient (Wildman–Crippen LogP) is 1.89. The van der Waals surface area contributed by atoms with Crippen LogP contribution in [0.25, 0.3) is 0 Å². The zero-order valence-corrected chi connectivity index (χ0v) is 21.4. The first-order valence-corrected chi connectivity index (χ1v) is 12.5. The van der Waals surface area contributed by atoms with Gasteiger partial charge in [0, 0.05) is 19.3 Å². The first kappa shape index (κ1) is 27.5. The van der Waals surface area contributed by atoms with Gasteiger partial charge in [-0.2, -0.15) is 0 Å². The fourth-order valence-corrected chi connectivity index (χ4v) is 4.83. The summed E-state index contributed by atoms with van der Waals surface area (Å²) in [7, 11) is 0. The van der Waals surface area contributed by atoms with Crippen LogP contribution in [-0.4, -0.2) is 75.7 Å². The zero-order valence-electron chi connectivity index (χ0n) is 21.4. The van der Waals surface area contributed by atoms with E-state index >= 15 is 0 Å². The number of carboxylic acid groups (broad SMARTS) is 1. The van der Waals surface area contributed by atoms with E-state index in [-0.39, 0.29) is 25.3 Å². The molecule has 11 nitrogen and oxygen atoms in total. The van der Waals surface area contributed by atoms with Crippen LogP contribution >= 0.6 is 0 Å². The first-order valence-electron chi connectivity index (χ1n) is 12.5. The van der Waals surface area contributed by atoms with Crippen LogP contribution in [0, 0.1) is 5.92 Å². The fourth-order valence-electron chi connectivity index (χ4n) is 4.83. The molecule has 1 saturated heterocycles. The molecule has 0 radical (unpaired) electrons. The van der Waals surface area contributed by atoms with Gasteiger partial charge in [0.05, 0.1) is 6.54 Å². The lowest BCUT2D eigenvalue weighted by Gasteiger charge is -2.30. The molecule has 3 rings (SSSR count). The van der Waals surface area contributed by atoms with Crippen molar-refractivity contribution in [2.45, 2.75) is 102 Å². The number of allylic oxidation sites excluding steroid dienone is 1. The third kappa shape index (κ3) is 6.76.